The van der Waals surface area contributed by atoms with Gasteiger partial charge in [-0.2, -0.15) is 0 Å². The van der Waals surface area contributed by atoms with Gasteiger partial charge in [0.1, 0.15) is 23.0 Å². The Hall–Kier alpha value is -4.44. The van der Waals surface area contributed by atoms with Crippen LogP contribution in [0.4, 0.5) is 15.8 Å². The molecule has 0 unspecified atom stereocenters. The van der Waals surface area contributed by atoms with Gasteiger partial charge in [0.25, 0.3) is 5.91 Å². The maximum absolute atomic E-state index is 14.4. The Bertz CT molecular complexity index is 1470. The number of aromatic nitrogens is 3. The van der Waals surface area contributed by atoms with Crippen molar-refractivity contribution in [2.45, 2.75) is 12.1 Å². The van der Waals surface area contributed by atoms with Crippen molar-refractivity contribution in [1.82, 2.24) is 15.0 Å². The summed E-state index contributed by atoms with van der Waals surface area (Å²) in [4.78, 5) is 17.1. The lowest BCUT2D eigenvalue weighted by molar-refractivity contribution is -0.132. The molecule has 1 aromatic heterocycles. The number of amides is 1. The smallest absolute Gasteiger partial charge is 0.268 e. The highest BCUT2D eigenvalue weighted by molar-refractivity contribution is 6.09. The summed E-state index contributed by atoms with van der Waals surface area (Å²) >= 11 is 0. The fourth-order valence-electron chi connectivity index (χ4n) is 4.52. The summed E-state index contributed by atoms with van der Waals surface area (Å²) in [5.74, 6) is -0.183. The van der Waals surface area contributed by atoms with Gasteiger partial charge in [0.2, 0.25) is 5.60 Å². The van der Waals surface area contributed by atoms with Crippen LogP contribution in [0, 0.1) is 5.82 Å². The van der Waals surface area contributed by atoms with Crippen molar-refractivity contribution in [3.63, 3.8) is 0 Å². The lowest BCUT2D eigenvalue weighted by Gasteiger charge is -2.26. The molecule has 37 heavy (non-hydrogen) atoms. The van der Waals surface area contributed by atoms with Gasteiger partial charge in [-0.1, -0.05) is 5.21 Å². The Labute approximate surface area is 213 Å². The van der Waals surface area contributed by atoms with Crippen molar-refractivity contribution in [3.8, 4) is 17.2 Å². The zero-order valence-corrected chi connectivity index (χ0v) is 20.8. The number of fused-ring (bicyclic) bond motifs is 1. The van der Waals surface area contributed by atoms with Gasteiger partial charge in [-0.3, -0.25) is 4.79 Å². The van der Waals surface area contributed by atoms with Crippen LogP contribution in [0.25, 0.3) is 5.69 Å². The van der Waals surface area contributed by atoms with Gasteiger partial charge < -0.3 is 24.4 Å². The Morgan fingerprint density at radius 3 is 2.43 bits per heavy atom. The second kappa shape index (κ2) is 9.21. The topological polar surface area (TPSA) is 93.0 Å². The van der Waals surface area contributed by atoms with Gasteiger partial charge in [-0.05, 0) is 54.6 Å². The number of anilines is 2. The van der Waals surface area contributed by atoms with Crippen LogP contribution in [0.15, 0.2) is 66.9 Å². The van der Waals surface area contributed by atoms with Crippen LogP contribution in [-0.4, -0.2) is 54.3 Å². The number of ether oxygens (including phenoxy) is 2. The molecule has 2 heterocycles. The van der Waals surface area contributed by atoms with Crippen molar-refractivity contribution in [2.75, 3.05) is 38.1 Å². The number of carbonyl (C=O) groups is 1. The third kappa shape index (κ3) is 4.05. The first-order chi connectivity index (χ1) is 17.8. The predicted molar refractivity (Wildman–Crippen MR) is 136 cm³/mol. The second-order valence-corrected chi connectivity index (χ2v) is 8.89. The molecule has 190 valence electrons. The Morgan fingerprint density at radius 2 is 1.76 bits per heavy atom. The number of nitrogens with zero attached hydrogens (tertiary/aromatic N) is 5. The van der Waals surface area contributed by atoms with E-state index in [4.69, 9.17) is 9.47 Å². The van der Waals surface area contributed by atoms with E-state index in [-0.39, 0.29) is 17.7 Å². The summed E-state index contributed by atoms with van der Waals surface area (Å²) in [6.07, 6.45) is 1.70. The van der Waals surface area contributed by atoms with E-state index in [1.165, 1.54) is 30.2 Å². The van der Waals surface area contributed by atoms with Gasteiger partial charge >= 0.3 is 0 Å². The van der Waals surface area contributed by atoms with E-state index >= 15 is 0 Å². The average molecular weight is 504 g/mol. The fourth-order valence-corrected chi connectivity index (χ4v) is 4.52. The van der Waals surface area contributed by atoms with E-state index in [2.05, 4.69) is 10.3 Å². The number of benzene rings is 3. The summed E-state index contributed by atoms with van der Waals surface area (Å²) in [6, 6.07) is 16.3. The normalized spacial score (nSPS) is 16.6. The molecule has 1 amide bonds. The lowest BCUT2D eigenvalue weighted by atomic mass is 9.86. The fraction of sp³-hybridized carbons (Fsp3) is 0.222. The van der Waals surface area contributed by atoms with Crippen molar-refractivity contribution in [3.05, 3.63) is 89.5 Å². The van der Waals surface area contributed by atoms with Crippen molar-refractivity contribution in [2.24, 2.45) is 0 Å². The molecule has 0 saturated carbocycles. The van der Waals surface area contributed by atoms with E-state index < -0.39 is 17.3 Å². The Morgan fingerprint density at radius 1 is 1.00 bits per heavy atom. The zero-order valence-electron chi connectivity index (χ0n) is 20.8. The number of hydrogen-bond donors (Lipinski definition) is 1. The molecule has 1 atom stereocenters. The summed E-state index contributed by atoms with van der Waals surface area (Å²) in [5, 5.41) is 20.3. The molecule has 0 aliphatic carbocycles. The third-order valence-corrected chi connectivity index (χ3v) is 6.48. The monoisotopic (exact) mass is 503 g/mol. The van der Waals surface area contributed by atoms with Gasteiger partial charge in [-0.15, -0.1) is 5.10 Å². The first-order valence-corrected chi connectivity index (χ1v) is 11.5. The van der Waals surface area contributed by atoms with Crippen LogP contribution < -0.4 is 19.3 Å². The summed E-state index contributed by atoms with van der Waals surface area (Å²) in [5.41, 5.74) is 0.653. The van der Waals surface area contributed by atoms with Crippen molar-refractivity contribution >= 4 is 17.3 Å². The molecule has 1 N–H and O–H groups in total. The molecule has 5 rings (SSSR count). The number of methoxy groups -OCH3 is 2. The maximum Gasteiger partial charge on any atom is 0.268 e. The Balaban J connectivity index is 1.53. The van der Waals surface area contributed by atoms with Gasteiger partial charge in [0.05, 0.1) is 38.3 Å². The quantitative estimate of drug-likeness (QED) is 0.414. The summed E-state index contributed by atoms with van der Waals surface area (Å²) in [7, 11) is 6.79. The van der Waals surface area contributed by atoms with Crippen molar-refractivity contribution in [1.29, 1.82) is 0 Å². The molecule has 1 aliphatic rings. The van der Waals surface area contributed by atoms with Gasteiger partial charge in [0.15, 0.2) is 0 Å². The number of halogens is 1. The summed E-state index contributed by atoms with van der Waals surface area (Å²) in [6.45, 7) is 0.0219. The van der Waals surface area contributed by atoms with E-state index in [0.29, 0.717) is 22.9 Å². The zero-order chi connectivity index (χ0) is 26.3. The molecular formula is C27H26FN5O4. The van der Waals surface area contributed by atoms with Crippen LogP contribution in [0.2, 0.25) is 0 Å². The highest BCUT2D eigenvalue weighted by Gasteiger charge is 2.53. The minimum Gasteiger partial charge on any atom is -0.497 e. The number of hydrogen-bond acceptors (Lipinski definition) is 7. The number of aliphatic hydroxyl groups is 1. The van der Waals surface area contributed by atoms with Gasteiger partial charge in [-0.25, -0.2) is 9.07 Å². The van der Waals surface area contributed by atoms with Crippen molar-refractivity contribution < 1.29 is 23.8 Å². The van der Waals surface area contributed by atoms with Gasteiger partial charge in [0, 0.05) is 37.0 Å². The minimum absolute atomic E-state index is 0.0219. The molecule has 3 aromatic carbocycles. The largest absolute Gasteiger partial charge is 0.497 e. The minimum atomic E-state index is -2.15. The molecule has 9 nitrogen and oxygen atoms in total. The van der Waals surface area contributed by atoms with E-state index in [1.54, 1.807) is 48.3 Å². The lowest BCUT2D eigenvalue weighted by Crippen LogP contribution is -2.41. The van der Waals surface area contributed by atoms with Crippen LogP contribution in [0.3, 0.4) is 0 Å². The standard InChI is InChI=1S/C27H26FN5O4/c1-31(2)20-8-11-22(25(14-20)37-4)27(35)23-13-17(28)5-12-24(23)32(26(27)34)15-18-16-33(30-29-18)19-6-9-21(36-3)10-7-19/h5-14,16,35H,15H2,1-4H3/t27-/m1/s1. The first-order valence-electron chi connectivity index (χ1n) is 11.5. The van der Waals surface area contributed by atoms with E-state index in [0.717, 1.165) is 11.4 Å². The molecule has 0 radical (unpaired) electrons. The second-order valence-electron chi connectivity index (χ2n) is 8.89. The van der Waals surface area contributed by atoms with E-state index in [1.807, 2.05) is 31.1 Å². The van der Waals surface area contributed by atoms with Crippen LogP contribution in [-0.2, 0) is 16.9 Å². The molecule has 1 aliphatic heterocycles. The summed E-state index contributed by atoms with van der Waals surface area (Å²) < 4.78 is 26.7. The maximum atomic E-state index is 14.4. The SMILES string of the molecule is COc1ccc(-n2cc(CN3C(=O)[C@@](O)(c4ccc(N(C)C)cc4OC)c4cc(F)ccc43)nn2)cc1. The average Bonchev–Trinajstić information content (AvgIpc) is 3.46. The Kier molecular flexibility index (Phi) is 6.04. The van der Waals surface area contributed by atoms with Crippen LogP contribution in [0.1, 0.15) is 16.8 Å². The van der Waals surface area contributed by atoms with Crippen LogP contribution in [0.5, 0.6) is 11.5 Å². The molecule has 0 spiro atoms. The molecular weight excluding hydrogens is 477 g/mol. The number of carbonyl (C=O) groups excluding carboxylic acids is 1. The molecule has 0 bridgehead atoms. The highest BCUT2D eigenvalue weighted by atomic mass is 19.1. The third-order valence-electron chi connectivity index (χ3n) is 6.48. The predicted octanol–water partition coefficient (Wildman–Crippen LogP) is 3.27. The molecule has 10 heteroatoms. The highest BCUT2D eigenvalue weighted by Crippen LogP contribution is 2.48. The molecule has 0 saturated heterocycles. The van der Waals surface area contributed by atoms with E-state index in [9.17, 15) is 14.3 Å². The first kappa shape index (κ1) is 24.3. The van der Waals surface area contributed by atoms with Crippen LogP contribution >= 0.6 is 0 Å². The molecule has 4 aromatic rings. The molecule has 0 fully saturated rings. The number of rotatable bonds is 7.